The number of halogens is 3. The minimum atomic E-state index is -4.64. The van der Waals surface area contributed by atoms with E-state index in [1.165, 1.54) is 0 Å². The van der Waals surface area contributed by atoms with Crippen LogP contribution in [0.25, 0.3) is 0 Å². The number of hydrogen-bond acceptors (Lipinski definition) is 3. The van der Waals surface area contributed by atoms with Crippen molar-refractivity contribution in [2.45, 2.75) is 18.7 Å². The van der Waals surface area contributed by atoms with E-state index in [4.69, 9.17) is 5.11 Å². The number of nitrogens with zero attached hydrogens (tertiary/aromatic N) is 1. The average Bonchev–Trinajstić information content (AvgIpc) is 2.15. The van der Waals surface area contributed by atoms with Gasteiger partial charge in [0.05, 0.1) is 18.1 Å². The SMILES string of the molecule is O=C(O)C[C@@H](O)c1cnccc1C(F)(F)F. The summed E-state index contributed by atoms with van der Waals surface area (Å²) in [6.07, 6.45) is -5.41. The van der Waals surface area contributed by atoms with Gasteiger partial charge in [-0.05, 0) is 6.07 Å². The highest BCUT2D eigenvalue weighted by atomic mass is 19.4. The van der Waals surface area contributed by atoms with Crippen molar-refractivity contribution in [1.29, 1.82) is 0 Å². The molecule has 16 heavy (non-hydrogen) atoms. The molecule has 4 nitrogen and oxygen atoms in total. The fourth-order valence-corrected chi connectivity index (χ4v) is 1.21. The van der Waals surface area contributed by atoms with Gasteiger partial charge in [0.2, 0.25) is 0 Å². The second-order valence-corrected chi connectivity index (χ2v) is 3.07. The fourth-order valence-electron chi connectivity index (χ4n) is 1.21. The summed E-state index contributed by atoms with van der Waals surface area (Å²) in [5, 5.41) is 17.7. The smallest absolute Gasteiger partial charge is 0.416 e. The summed E-state index contributed by atoms with van der Waals surface area (Å²) in [7, 11) is 0. The maximum absolute atomic E-state index is 12.5. The molecule has 2 N–H and O–H groups in total. The second kappa shape index (κ2) is 4.48. The van der Waals surface area contributed by atoms with Crippen molar-refractivity contribution < 1.29 is 28.2 Å². The Balaban J connectivity index is 3.08. The van der Waals surface area contributed by atoms with Crippen LogP contribution in [0.5, 0.6) is 0 Å². The number of aliphatic hydroxyl groups is 1. The van der Waals surface area contributed by atoms with Crippen LogP contribution in [0.4, 0.5) is 13.2 Å². The number of aromatic nitrogens is 1. The molecule has 1 aromatic rings. The van der Waals surface area contributed by atoms with Crippen molar-refractivity contribution in [2.24, 2.45) is 0 Å². The highest BCUT2D eigenvalue weighted by Gasteiger charge is 2.35. The van der Waals surface area contributed by atoms with Gasteiger partial charge in [-0.1, -0.05) is 0 Å². The number of carboxylic acid groups (broad SMARTS) is 1. The van der Waals surface area contributed by atoms with E-state index in [9.17, 15) is 23.1 Å². The van der Waals surface area contributed by atoms with E-state index in [0.29, 0.717) is 6.07 Å². The molecule has 0 radical (unpaired) electrons. The molecular weight excluding hydrogens is 227 g/mol. The van der Waals surface area contributed by atoms with Crippen molar-refractivity contribution in [3.05, 3.63) is 29.6 Å². The zero-order valence-electron chi connectivity index (χ0n) is 7.90. The molecule has 0 aromatic carbocycles. The van der Waals surface area contributed by atoms with Gasteiger partial charge in [-0.3, -0.25) is 9.78 Å². The standard InChI is InChI=1S/C9H8F3NO3/c10-9(11,12)6-1-2-13-4-5(6)7(14)3-8(15)16/h1-2,4,7,14H,3H2,(H,15,16)/t7-/m1/s1. The molecule has 1 aromatic heterocycles. The molecule has 0 unspecified atom stereocenters. The van der Waals surface area contributed by atoms with E-state index < -0.39 is 35.8 Å². The minimum absolute atomic E-state index is 0.530. The lowest BCUT2D eigenvalue weighted by Gasteiger charge is -2.15. The van der Waals surface area contributed by atoms with E-state index in [1.54, 1.807) is 0 Å². The summed E-state index contributed by atoms with van der Waals surface area (Å²) in [6.45, 7) is 0. The Hall–Kier alpha value is -1.63. The average molecular weight is 235 g/mol. The highest BCUT2D eigenvalue weighted by Crippen LogP contribution is 2.34. The molecule has 0 aliphatic carbocycles. The number of pyridine rings is 1. The lowest BCUT2D eigenvalue weighted by molar-refractivity contribution is -0.143. The van der Waals surface area contributed by atoms with Gasteiger partial charge in [0.15, 0.2) is 0 Å². The number of carboxylic acids is 1. The largest absolute Gasteiger partial charge is 0.481 e. The van der Waals surface area contributed by atoms with Crippen LogP contribution in [0, 0.1) is 0 Å². The summed E-state index contributed by atoms with van der Waals surface area (Å²) in [4.78, 5) is 13.7. The van der Waals surface area contributed by atoms with E-state index in [-0.39, 0.29) is 0 Å². The van der Waals surface area contributed by atoms with Gasteiger partial charge in [-0.2, -0.15) is 13.2 Å². The molecule has 0 bridgehead atoms. The fraction of sp³-hybridized carbons (Fsp3) is 0.333. The first kappa shape index (κ1) is 12.4. The zero-order chi connectivity index (χ0) is 12.3. The number of aliphatic carboxylic acids is 1. The van der Waals surface area contributed by atoms with Crippen LogP contribution in [0.1, 0.15) is 23.7 Å². The Labute approximate surface area is 88.4 Å². The summed E-state index contributed by atoms with van der Waals surface area (Å²) in [5.41, 5.74) is -1.60. The number of rotatable bonds is 3. The minimum Gasteiger partial charge on any atom is -0.481 e. The lowest BCUT2D eigenvalue weighted by atomic mass is 10.0. The predicted octanol–water partition coefficient (Wildman–Crippen LogP) is 1.61. The molecule has 1 heterocycles. The predicted molar refractivity (Wildman–Crippen MR) is 46.5 cm³/mol. The molecule has 7 heteroatoms. The molecule has 0 fully saturated rings. The Kier molecular flexibility index (Phi) is 3.48. The summed E-state index contributed by atoms with van der Waals surface area (Å²) < 4.78 is 37.4. The van der Waals surface area contributed by atoms with Crippen molar-refractivity contribution in [3.63, 3.8) is 0 Å². The molecule has 0 amide bonds. The second-order valence-electron chi connectivity index (χ2n) is 3.07. The first-order chi connectivity index (χ1) is 7.32. The first-order valence-electron chi connectivity index (χ1n) is 4.23. The molecule has 1 rings (SSSR count). The van der Waals surface area contributed by atoms with Crippen LogP contribution in [0.3, 0.4) is 0 Å². The van der Waals surface area contributed by atoms with Crippen molar-refractivity contribution in [1.82, 2.24) is 4.98 Å². The molecule has 0 saturated carbocycles. The summed E-state index contributed by atoms with van der Waals surface area (Å²) >= 11 is 0. The van der Waals surface area contributed by atoms with Crippen LogP contribution in [0.2, 0.25) is 0 Å². The molecular formula is C9H8F3NO3. The van der Waals surface area contributed by atoms with Gasteiger partial charge in [0.25, 0.3) is 0 Å². The van der Waals surface area contributed by atoms with Gasteiger partial charge >= 0.3 is 12.1 Å². The topological polar surface area (TPSA) is 70.4 Å². The summed E-state index contributed by atoms with van der Waals surface area (Å²) in [6, 6.07) is 0.695. The van der Waals surface area contributed by atoms with Crippen LogP contribution in [-0.4, -0.2) is 21.2 Å². The van der Waals surface area contributed by atoms with Crippen LogP contribution in [0.15, 0.2) is 18.5 Å². The third-order valence-electron chi connectivity index (χ3n) is 1.88. The van der Waals surface area contributed by atoms with Crippen LogP contribution in [-0.2, 0) is 11.0 Å². The molecule has 0 aliphatic rings. The van der Waals surface area contributed by atoms with Crippen LogP contribution >= 0.6 is 0 Å². The quantitative estimate of drug-likeness (QED) is 0.834. The maximum Gasteiger partial charge on any atom is 0.416 e. The maximum atomic E-state index is 12.5. The van der Waals surface area contributed by atoms with E-state index >= 15 is 0 Å². The molecule has 0 aliphatic heterocycles. The number of alkyl halides is 3. The normalized spacial score (nSPS) is 13.5. The Morgan fingerprint density at radius 2 is 2.12 bits per heavy atom. The van der Waals surface area contributed by atoms with Gasteiger partial charge in [-0.15, -0.1) is 0 Å². The third kappa shape index (κ3) is 2.93. The molecule has 88 valence electrons. The zero-order valence-corrected chi connectivity index (χ0v) is 7.90. The molecule has 0 saturated heterocycles. The van der Waals surface area contributed by atoms with Crippen LogP contribution < -0.4 is 0 Å². The Morgan fingerprint density at radius 1 is 1.50 bits per heavy atom. The van der Waals surface area contributed by atoms with E-state index in [0.717, 1.165) is 12.4 Å². The van der Waals surface area contributed by atoms with Crippen molar-refractivity contribution in [2.75, 3.05) is 0 Å². The monoisotopic (exact) mass is 235 g/mol. The third-order valence-corrected chi connectivity index (χ3v) is 1.88. The van der Waals surface area contributed by atoms with E-state index in [2.05, 4.69) is 4.98 Å². The molecule has 0 spiro atoms. The van der Waals surface area contributed by atoms with Gasteiger partial charge in [0.1, 0.15) is 0 Å². The number of hydrogen-bond donors (Lipinski definition) is 2. The van der Waals surface area contributed by atoms with E-state index in [1.807, 2.05) is 0 Å². The lowest BCUT2D eigenvalue weighted by Crippen LogP contribution is -2.14. The first-order valence-corrected chi connectivity index (χ1v) is 4.23. The Morgan fingerprint density at radius 3 is 2.62 bits per heavy atom. The van der Waals surface area contributed by atoms with Gasteiger partial charge < -0.3 is 10.2 Å². The van der Waals surface area contributed by atoms with Gasteiger partial charge in [-0.25, -0.2) is 0 Å². The van der Waals surface area contributed by atoms with Gasteiger partial charge in [0, 0.05) is 18.0 Å². The molecule has 1 atom stereocenters. The Bertz CT molecular complexity index is 392. The van der Waals surface area contributed by atoms with Crippen molar-refractivity contribution in [3.8, 4) is 0 Å². The number of carbonyl (C=O) groups is 1. The highest BCUT2D eigenvalue weighted by molar-refractivity contribution is 5.67. The number of aliphatic hydroxyl groups excluding tert-OH is 1. The summed E-state index contributed by atoms with van der Waals surface area (Å²) in [5.74, 6) is -1.38. The van der Waals surface area contributed by atoms with Crippen molar-refractivity contribution >= 4 is 5.97 Å².